The topological polar surface area (TPSA) is 64.2 Å². The van der Waals surface area contributed by atoms with E-state index in [0.717, 1.165) is 18.4 Å². The van der Waals surface area contributed by atoms with Crippen molar-refractivity contribution in [3.8, 4) is 0 Å². The van der Waals surface area contributed by atoms with Crippen molar-refractivity contribution in [3.05, 3.63) is 69.7 Å². The molecule has 0 aliphatic rings. The van der Waals surface area contributed by atoms with E-state index in [1.54, 1.807) is 18.2 Å². The summed E-state index contributed by atoms with van der Waals surface area (Å²) < 4.78 is 6.48. The number of carbonyl (C=O) groups is 1. The van der Waals surface area contributed by atoms with Crippen molar-refractivity contribution >= 4 is 28.6 Å². The van der Waals surface area contributed by atoms with Crippen molar-refractivity contribution in [2.75, 3.05) is 0 Å². The highest BCUT2D eigenvalue weighted by Crippen LogP contribution is 2.20. The molecule has 1 N–H and O–H groups in total. The van der Waals surface area contributed by atoms with Crippen LogP contribution in [0.15, 0.2) is 57.7 Å². The van der Waals surface area contributed by atoms with Crippen molar-refractivity contribution in [3.63, 3.8) is 0 Å². The van der Waals surface area contributed by atoms with Gasteiger partial charge in [0.15, 0.2) is 5.58 Å². The predicted octanol–water partition coefficient (Wildman–Crippen LogP) is 3.91. The van der Waals surface area contributed by atoms with Crippen LogP contribution in [0.25, 0.3) is 11.1 Å². The van der Waals surface area contributed by atoms with E-state index in [2.05, 4.69) is 12.2 Å². The third kappa shape index (κ3) is 3.94. The minimum atomic E-state index is -0.570. The highest BCUT2D eigenvalue weighted by atomic mass is 35.5. The molecule has 0 aliphatic heterocycles. The van der Waals surface area contributed by atoms with Gasteiger partial charge in [-0.3, -0.25) is 9.36 Å². The number of aromatic nitrogens is 1. The van der Waals surface area contributed by atoms with E-state index >= 15 is 0 Å². The van der Waals surface area contributed by atoms with Crippen LogP contribution < -0.4 is 11.1 Å². The van der Waals surface area contributed by atoms with Crippen LogP contribution in [0.2, 0.25) is 5.02 Å². The molecule has 0 unspecified atom stereocenters. The highest BCUT2D eigenvalue weighted by Gasteiger charge is 2.17. The number of carbonyl (C=O) groups excluding carboxylic acids is 1. The number of amides is 1. The zero-order valence-electron chi connectivity index (χ0n) is 13.9. The maximum absolute atomic E-state index is 12.5. The zero-order valence-corrected chi connectivity index (χ0v) is 14.6. The van der Waals surface area contributed by atoms with E-state index < -0.39 is 5.76 Å². The lowest BCUT2D eigenvalue weighted by Gasteiger charge is -2.18. The molecule has 5 nitrogen and oxygen atoms in total. The summed E-state index contributed by atoms with van der Waals surface area (Å²) in [5.41, 5.74) is 1.98. The summed E-state index contributed by atoms with van der Waals surface area (Å²) in [5.74, 6) is -0.804. The lowest BCUT2D eigenvalue weighted by Crippen LogP contribution is -2.33. The lowest BCUT2D eigenvalue weighted by atomic mass is 10.0. The van der Waals surface area contributed by atoms with Gasteiger partial charge in [-0.25, -0.2) is 4.79 Å². The minimum absolute atomic E-state index is 0.0815. The Morgan fingerprint density at radius 3 is 2.72 bits per heavy atom. The van der Waals surface area contributed by atoms with Crippen molar-refractivity contribution in [1.82, 2.24) is 9.88 Å². The molecule has 0 saturated heterocycles. The van der Waals surface area contributed by atoms with E-state index in [0.29, 0.717) is 16.1 Å². The molecule has 0 fully saturated rings. The largest absolute Gasteiger partial charge is 0.420 e. The van der Waals surface area contributed by atoms with Crippen LogP contribution in [0.3, 0.4) is 0 Å². The number of halogens is 1. The van der Waals surface area contributed by atoms with Crippen molar-refractivity contribution < 1.29 is 9.21 Å². The molecule has 6 heteroatoms. The van der Waals surface area contributed by atoms with Crippen LogP contribution in [0.1, 0.15) is 31.4 Å². The molecule has 130 valence electrons. The summed E-state index contributed by atoms with van der Waals surface area (Å²) in [6.45, 7) is 1.97. The molecule has 2 aromatic carbocycles. The number of oxazole rings is 1. The maximum Gasteiger partial charge on any atom is 0.420 e. The molecule has 1 amide bonds. The van der Waals surface area contributed by atoms with E-state index in [-0.39, 0.29) is 18.5 Å². The Morgan fingerprint density at radius 2 is 2.00 bits per heavy atom. The molecule has 1 aromatic heterocycles. The molecule has 0 aliphatic carbocycles. The molecule has 3 aromatic rings. The van der Waals surface area contributed by atoms with Crippen molar-refractivity contribution in [2.45, 2.75) is 32.4 Å². The predicted molar refractivity (Wildman–Crippen MR) is 97.7 cm³/mol. The van der Waals surface area contributed by atoms with Crippen LogP contribution in [-0.2, 0) is 11.3 Å². The van der Waals surface area contributed by atoms with Gasteiger partial charge in [-0.15, -0.1) is 0 Å². The third-order valence-corrected chi connectivity index (χ3v) is 4.28. The fourth-order valence-electron chi connectivity index (χ4n) is 2.87. The Kier molecular flexibility index (Phi) is 5.24. The lowest BCUT2D eigenvalue weighted by molar-refractivity contribution is -0.122. The normalized spacial score (nSPS) is 12.2. The zero-order chi connectivity index (χ0) is 17.8. The van der Waals surface area contributed by atoms with Crippen LogP contribution >= 0.6 is 11.6 Å². The highest BCUT2D eigenvalue weighted by molar-refractivity contribution is 6.31. The number of rotatable bonds is 6. The summed E-state index contributed by atoms with van der Waals surface area (Å²) in [4.78, 5) is 24.5. The van der Waals surface area contributed by atoms with Gasteiger partial charge in [-0.2, -0.15) is 0 Å². The average molecular weight is 359 g/mol. The van der Waals surface area contributed by atoms with E-state index in [9.17, 15) is 9.59 Å². The van der Waals surface area contributed by atoms with E-state index in [4.69, 9.17) is 16.0 Å². The van der Waals surface area contributed by atoms with Gasteiger partial charge in [-0.1, -0.05) is 55.3 Å². The van der Waals surface area contributed by atoms with E-state index in [1.807, 2.05) is 30.3 Å². The first-order chi connectivity index (χ1) is 12.1. The second-order valence-electron chi connectivity index (χ2n) is 5.89. The van der Waals surface area contributed by atoms with Gasteiger partial charge in [-0.05, 0) is 24.1 Å². The first-order valence-electron chi connectivity index (χ1n) is 8.21. The molecular formula is C19H19ClN2O3. The van der Waals surface area contributed by atoms with Gasteiger partial charge in [0.25, 0.3) is 0 Å². The van der Waals surface area contributed by atoms with Gasteiger partial charge in [0.05, 0.1) is 11.6 Å². The molecule has 3 rings (SSSR count). The van der Waals surface area contributed by atoms with Gasteiger partial charge < -0.3 is 9.73 Å². The van der Waals surface area contributed by atoms with Gasteiger partial charge in [0.2, 0.25) is 5.91 Å². The monoisotopic (exact) mass is 358 g/mol. The van der Waals surface area contributed by atoms with Crippen molar-refractivity contribution in [2.24, 2.45) is 0 Å². The van der Waals surface area contributed by atoms with E-state index in [1.165, 1.54) is 4.57 Å². The second kappa shape index (κ2) is 7.57. The SMILES string of the molecule is CCC[C@@H](NC(=O)Cn1c(=O)oc2cc(Cl)ccc21)c1ccccc1. The average Bonchev–Trinajstić information content (AvgIpc) is 2.90. The van der Waals surface area contributed by atoms with Gasteiger partial charge in [0.1, 0.15) is 6.54 Å². The molecule has 0 radical (unpaired) electrons. The van der Waals surface area contributed by atoms with Gasteiger partial charge in [0, 0.05) is 11.1 Å². The minimum Gasteiger partial charge on any atom is -0.408 e. The second-order valence-corrected chi connectivity index (χ2v) is 6.32. The van der Waals surface area contributed by atoms with Crippen LogP contribution in [0.5, 0.6) is 0 Å². The third-order valence-electron chi connectivity index (χ3n) is 4.05. The number of hydrogen-bond donors (Lipinski definition) is 1. The number of fused-ring (bicyclic) bond motifs is 1. The molecule has 0 spiro atoms. The molecule has 1 atom stereocenters. The molecule has 1 heterocycles. The number of benzene rings is 2. The molecule has 0 saturated carbocycles. The quantitative estimate of drug-likeness (QED) is 0.726. The summed E-state index contributed by atoms with van der Waals surface area (Å²) >= 11 is 5.91. The van der Waals surface area contributed by atoms with Crippen LogP contribution in [0.4, 0.5) is 0 Å². The summed E-state index contributed by atoms with van der Waals surface area (Å²) in [7, 11) is 0. The van der Waals surface area contributed by atoms with Crippen LogP contribution in [-0.4, -0.2) is 10.5 Å². The Morgan fingerprint density at radius 1 is 1.24 bits per heavy atom. The first kappa shape index (κ1) is 17.3. The Bertz CT molecular complexity index is 931. The molecule has 25 heavy (non-hydrogen) atoms. The van der Waals surface area contributed by atoms with Crippen LogP contribution in [0, 0.1) is 0 Å². The maximum atomic E-state index is 12.5. The molecule has 0 bridgehead atoms. The summed E-state index contributed by atoms with van der Waals surface area (Å²) in [6.07, 6.45) is 1.76. The summed E-state index contributed by atoms with van der Waals surface area (Å²) in [6, 6.07) is 14.6. The smallest absolute Gasteiger partial charge is 0.408 e. The Hall–Kier alpha value is -2.53. The Balaban J connectivity index is 1.80. The molecular weight excluding hydrogens is 340 g/mol. The number of nitrogens with zero attached hydrogens (tertiary/aromatic N) is 1. The van der Waals surface area contributed by atoms with Gasteiger partial charge >= 0.3 is 5.76 Å². The summed E-state index contributed by atoms with van der Waals surface area (Å²) in [5, 5.41) is 3.49. The standard InChI is InChI=1S/C19H19ClN2O3/c1-2-6-15(13-7-4-3-5-8-13)21-18(23)12-22-16-10-9-14(20)11-17(16)25-19(22)24/h3-5,7-11,15H,2,6,12H2,1H3,(H,21,23)/t15-/m1/s1. The number of hydrogen-bond acceptors (Lipinski definition) is 3. The fraction of sp³-hybridized carbons (Fsp3) is 0.263. The fourth-order valence-corrected chi connectivity index (χ4v) is 3.03. The van der Waals surface area contributed by atoms with Crippen molar-refractivity contribution in [1.29, 1.82) is 0 Å². The number of nitrogens with one attached hydrogen (secondary N) is 1. The Labute approximate surface area is 150 Å². The first-order valence-corrected chi connectivity index (χ1v) is 8.59.